The Labute approximate surface area is 167 Å². The molecule has 9 heteroatoms. The molecule has 0 bridgehead atoms. The van der Waals surface area contributed by atoms with E-state index in [4.69, 9.17) is 23.2 Å². The number of guanidine groups is 1. The van der Waals surface area contributed by atoms with Crippen molar-refractivity contribution in [2.24, 2.45) is 4.99 Å². The maximum Gasteiger partial charge on any atom is 0.251 e. The van der Waals surface area contributed by atoms with Crippen molar-refractivity contribution in [2.75, 3.05) is 27.2 Å². The highest BCUT2D eigenvalue weighted by Gasteiger charge is 2.10. The SMILES string of the molecule is CN=C(NCCNC(=O)c1ccc(Cl)c(Cl)c1)N(C)Cc1csc(C)n1. The zero-order valence-electron chi connectivity index (χ0n) is 14.8. The zero-order valence-corrected chi connectivity index (χ0v) is 17.2. The van der Waals surface area contributed by atoms with E-state index in [1.54, 1.807) is 36.6 Å². The van der Waals surface area contributed by atoms with Crippen molar-refractivity contribution in [3.8, 4) is 0 Å². The van der Waals surface area contributed by atoms with Gasteiger partial charge in [-0.25, -0.2) is 4.98 Å². The number of halogens is 2. The van der Waals surface area contributed by atoms with Crippen LogP contribution in [0.2, 0.25) is 10.0 Å². The van der Waals surface area contributed by atoms with Crippen LogP contribution in [0.1, 0.15) is 21.1 Å². The summed E-state index contributed by atoms with van der Waals surface area (Å²) < 4.78 is 0. The van der Waals surface area contributed by atoms with Crippen LogP contribution in [-0.2, 0) is 6.54 Å². The Bertz CT molecular complexity index is 793. The smallest absolute Gasteiger partial charge is 0.251 e. The second kappa shape index (κ2) is 9.75. The van der Waals surface area contributed by atoms with Gasteiger partial charge in [0, 0.05) is 38.1 Å². The second-order valence-corrected chi connectivity index (χ2v) is 7.45. The summed E-state index contributed by atoms with van der Waals surface area (Å²) in [5.74, 6) is 0.533. The van der Waals surface area contributed by atoms with Crippen molar-refractivity contribution in [3.63, 3.8) is 0 Å². The normalized spacial score (nSPS) is 11.3. The molecule has 1 heterocycles. The molecule has 2 N–H and O–H groups in total. The monoisotopic (exact) mass is 413 g/mol. The summed E-state index contributed by atoms with van der Waals surface area (Å²) in [5.41, 5.74) is 1.48. The summed E-state index contributed by atoms with van der Waals surface area (Å²) >= 11 is 13.4. The molecular formula is C17H21Cl2N5OS. The van der Waals surface area contributed by atoms with Crippen LogP contribution >= 0.6 is 34.5 Å². The van der Waals surface area contributed by atoms with Crippen molar-refractivity contribution < 1.29 is 4.79 Å². The van der Waals surface area contributed by atoms with Gasteiger partial charge in [0.1, 0.15) is 0 Å². The Morgan fingerprint density at radius 3 is 2.62 bits per heavy atom. The molecule has 0 aliphatic heterocycles. The van der Waals surface area contributed by atoms with Crippen LogP contribution in [0, 0.1) is 6.92 Å². The van der Waals surface area contributed by atoms with Gasteiger partial charge in [-0.2, -0.15) is 0 Å². The number of carbonyl (C=O) groups excluding carboxylic acids is 1. The van der Waals surface area contributed by atoms with Crippen molar-refractivity contribution >= 4 is 46.4 Å². The van der Waals surface area contributed by atoms with Crippen molar-refractivity contribution in [3.05, 3.63) is 49.9 Å². The predicted molar refractivity (Wildman–Crippen MR) is 108 cm³/mol. The summed E-state index contributed by atoms with van der Waals surface area (Å²) in [5, 5.41) is 9.91. The Morgan fingerprint density at radius 1 is 1.27 bits per heavy atom. The van der Waals surface area contributed by atoms with Crippen LogP contribution in [0.3, 0.4) is 0 Å². The van der Waals surface area contributed by atoms with E-state index in [2.05, 4.69) is 20.6 Å². The maximum absolute atomic E-state index is 12.1. The number of rotatable bonds is 6. The average molecular weight is 414 g/mol. The van der Waals surface area contributed by atoms with E-state index in [0.717, 1.165) is 16.7 Å². The van der Waals surface area contributed by atoms with Gasteiger partial charge in [0.05, 0.1) is 27.3 Å². The molecule has 1 amide bonds. The quantitative estimate of drug-likeness (QED) is 0.433. The first kappa shape index (κ1) is 20.5. The molecule has 2 aromatic rings. The van der Waals surface area contributed by atoms with Crippen LogP contribution in [0.5, 0.6) is 0 Å². The minimum absolute atomic E-state index is 0.202. The first-order valence-corrected chi connectivity index (χ1v) is 9.60. The summed E-state index contributed by atoms with van der Waals surface area (Å²) in [6, 6.07) is 4.79. The molecule has 0 aliphatic carbocycles. The lowest BCUT2D eigenvalue weighted by Crippen LogP contribution is -2.42. The Kier molecular flexibility index (Phi) is 7.68. The first-order chi connectivity index (χ1) is 12.4. The minimum Gasteiger partial charge on any atom is -0.354 e. The van der Waals surface area contributed by atoms with E-state index < -0.39 is 0 Å². The first-order valence-electron chi connectivity index (χ1n) is 7.96. The predicted octanol–water partition coefficient (Wildman–Crippen LogP) is 3.20. The number of carbonyl (C=O) groups is 1. The fourth-order valence-corrected chi connectivity index (χ4v) is 3.18. The number of aryl methyl sites for hydroxylation is 1. The van der Waals surface area contributed by atoms with Crippen LogP contribution in [0.4, 0.5) is 0 Å². The molecule has 0 radical (unpaired) electrons. The molecule has 1 aromatic carbocycles. The highest BCUT2D eigenvalue weighted by molar-refractivity contribution is 7.09. The summed E-state index contributed by atoms with van der Waals surface area (Å²) in [6.07, 6.45) is 0. The van der Waals surface area contributed by atoms with Crippen molar-refractivity contribution in [1.29, 1.82) is 0 Å². The topological polar surface area (TPSA) is 69.6 Å². The van der Waals surface area contributed by atoms with Gasteiger partial charge in [-0.15, -0.1) is 11.3 Å². The van der Waals surface area contributed by atoms with E-state index >= 15 is 0 Å². The van der Waals surface area contributed by atoms with Gasteiger partial charge in [0.2, 0.25) is 0 Å². The average Bonchev–Trinajstić information content (AvgIpc) is 3.01. The Morgan fingerprint density at radius 2 is 2.00 bits per heavy atom. The molecular weight excluding hydrogens is 393 g/mol. The largest absolute Gasteiger partial charge is 0.354 e. The van der Waals surface area contributed by atoms with E-state index in [1.807, 2.05) is 24.3 Å². The minimum atomic E-state index is -0.202. The third-order valence-electron chi connectivity index (χ3n) is 3.51. The van der Waals surface area contributed by atoms with Crippen LogP contribution < -0.4 is 10.6 Å². The number of aromatic nitrogens is 1. The summed E-state index contributed by atoms with van der Waals surface area (Å²) in [6.45, 7) is 3.64. The summed E-state index contributed by atoms with van der Waals surface area (Å²) in [7, 11) is 3.66. The molecule has 26 heavy (non-hydrogen) atoms. The number of amides is 1. The van der Waals surface area contributed by atoms with Crippen molar-refractivity contribution in [1.82, 2.24) is 20.5 Å². The van der Waals surface area contributed by atoms with Crippen LogP contribution in [0.25, 0.3) is 0 Å². The molecule has 0 atom stereocenters. The second-order valence-electron chi connectivity index (χ2n) is 5.57. The van der Waals surface area contributed by atoms with Crippen LogP contribution in [-0.4, -0.2) is 48.9 Å². The molecule has 0 unspecified atom stereocenters. The third-order valence-corrected chi connectivity index (χ3v) is 5.08. The van der Waals surface area contributed by atoms with Gasteiger partial charge in [-0.05, 0) is 25.1 Å². The van der Waals surface area contributed by atoms with Gasteiger partial charge in [0.15, 0.2) is 5.96 Å². The number of nitrogens with one attached hydrogen (secondary N) is 2. The maximum atomic E-state index is 12.1. The third kappa shape index (κ3) is 5.86. The molecule has 0 fully saturated rings. The molecule has 140 valence electrons. The lowest BCUT2D eigenvalue weighted by Gasteiger charge is -2.21. The molecule has 2 rings (SSSR count). The van der Waals surface area contributed by atoms with Gasteiger partial charge in [-0.1, -0.05) is 23.2 Å². The fourth-order valence-electron chi connectivity index (χ4n) is 2.27. The fraction of sp³-hybridized carbons (Fsp3) is 0.353. The molecule has 0 saturated heterocycles. The van der Waals surface area contributed by atoms with Gasteiger partial charge in [-0.3, -0.25) is 9.79 Å². The number of hydrogen-bond donors (Lipinski definition) is 2. The number of aliphatic imine (C=N–C) groups is 1. The lowest BCUT2D eigenvalue weighted by atomic mass is 10.2. The highest BCUT2D eigenvalue weighted by Crippen LogP contribution is 2.22. The van der Waals surface area contributed by atoms with Gasteiger partial charge in [0.25, 0.3) is 5.91 Å². The number of thiazole rings is 1. The van der Waals surface area contributed by atoms with E-state index in [9.17, 15) is 4.79 Å². The highest BCUT2D eigenvalue weighted by atomic mass is 35.5. The molecule has 6 nitrogen and oxygen atoms in total. The van der Waals surface area contributed by atoms with E-state index in [0.29, 0.717) is 35.2 Å². The molecule has 1 aromatic heterocycles. The molecule has 0 aliphatic rings. The van der Waals surface area contributed by atoms with E-state index in [-0.39, 0.29) is 5.91 Å². The Hall–Kier alpha value is -1.83. The molecule has 0 spiro atoms. The molecule has 0 saturated carbocycles. The van der Waals surface area contributed by atoms with Gasteiger partial charge < -0.3 is 15.5 Å². The van der Waals surface area contributed by atoms with Crippen LogP contribution in [0.15, 0.2) is 28.6 Å². The standard InChI is InChI=1S/C17H21Cl2N5OS/c1-11-23-13(10-26-11)9-24(3)17(20-2)22-7-6-21-16(25)12-4-5-14(18)15(19)8-12/h4-5,8,10H,6-7,9H2,1-3H3,(H,20,22)(H,21,25). The lowest BCUT2D eigenvalue weighted by molar-refractivity contribution is 0.0954. The number of hydrogen-bond acceptors (Lipinski definition) is 4. The Balaban J connectivity index is 1.78. The zero-order chi connectivity index (χ0) is 19.1. The van der Waals surface area contributed by atoms with Crippen molar-refractivity contribution in [2.45, 2.75) is 13.5 Å². The number of benzene rings is 1. The van der Waals surface area contributed by atoms with E-state index in [1.165, 1.54) is 0 Å². The number of nitrogens with zero attached hydrogens (tertiary/aromatic N) is 3. The van der Waals surface area contributed by atoms with Gasteiger partial charge >= 0.3 is 0 Å². The summed E-state index contributed by atoms with van der Waals surface area (Å²) in [4.78, 5) is 22.8.